The molecule has 0 saturated heterocycles. The Labute approximate surface area is 158 Å². The van der Waals surface area contributed by atoms with Crippen molar-refractivity contribution in [1.82, 2.24) is 5.32 Å². The Hall–Kier alpha value is -1.92. The Morgan fingerprint density at radius 2 is 2.00 bits per heavy atom. The van der Waals surface area contributed by atoms with Gasteiger partial charge < -0.3 is 15.4 Å². The van der Waals surface area contributed by atoms with Crippen LogP contribution >= 0.6 is 23.6 Å². The van der Waals surface area contributed by atoms with Crippen LogP contribution in [0.1, 0.15) is 51.8 Å². The minimum atomic E-state index is -0.358. The zero-order valence-electron chi connectivity index (χ0n) is 15.2. The Balaban J connectivity index is 2.10. The number of thiophene rings is 1. The molecule has 2 rings (SSSR count). The lowest BCUT2D eigenvalue weighted by atomic mass is 10.0. The van der Waals surface area contributed by atoms with Crippen LogP contribution in [0.3, 0.4) is 0 Å². The predicted octanol–water partition coefficient (Wildman–Crippen LogP) is 4.76. The largest absolute Gasteiger partial charge is 0.465 e. The van der Waals surface area contributed by atoms with Crippen LogP contribution in [0.5, 0.6) is 0 Å². The number of anilines is 1. The van der Waals surface area contributed by atoms with Crippen LogP contribution in [0.2, 0.25) is 0 Å². The average molecular weight is 377 g/mol. The van der Waals surface area contributed by atoms with E-state index in [1.165, 1.54) is 35.1 Å². The van der Waals surface area contributed by atoms with Gasteiger partial charge in [0.05, 0.1) is 18.7 Å². The van der Waals surface area contributed by atoms with Crippen LogP contribution in [0.15, 0.2) is 24.3 Å². The van der Waals surface area contributed by atoms with Crippen molar-refractivity contribution >= 4 is 39.6 Å². The molecule has 1 heterocycles. The highest BCUT2D eigenvalue weighted by Gasteiger charge is 2.17. The SMILES string of the molecule is CCc1cc(C(=O)OC)c(NC(=S)NC(C)c2ccc(C)c(C)c2)s1. The summed E-state index contributed by atoms with van der Waals surface area (Å²) in [6.45, 7) is 8.31. The van der Waals surface area contributed by atoms with E-state index in [0.717, 1.165) is 11.3 Å². The number of rotatable bonds is 5. The standard InChI is InChI=1S/C19H24N2O2S2/c1-6-15-10-16(18(22)23-5)17(25-15)21-19(24)20-13(4)14-8-7-11(2)12(3)9-14/h7-10,13H,6H2,1-5H3,(H2,20,21,24). The first kappa shape index (κ1) is 19.4. The number of carbonyl (C=O) groups is 1. The van der Waals surface area contributed by atoms with Gasteiger partial charge >= 0.3 is 5.97 Å². The van der Waals surface area contributed by atoms with Crippen LogP contribution in [0.4, 0.5) is 5.00 Å². The van der Waals surface area contributed by atoms with Crippen LogP contribution in [0, 0.1) is 13.8 Å². The first-order valence-corrected chi connectivity index (χ1v) is 9.43. The molecule has 134 valence electrons. The van der Waals surface area contributed by atoms with E-state index in [4.69, 9.17) is 17.0 Å². The lowest BCUT2D eigenvalue weighted by molar-refractivity contribution is 0.0602. The van der Waals surface area contributed by atoms with Crippen LogP contribution in [0.25, 0.3) is 0 Å². The van der Waals surface area contributed by atoms with Gasteiger partial charge in [0.2, 0.25) is 0 Å². The summed E-state index contributed by atoms with van der Waals surface area (Å²) in [6.07, 6.45) is 0.857. The molecule has 6 heteroatoms. The molecule has 25 heavy (non-hydrogen) atoms. The number of methoxy groups -OCH3 is 1. The minimum Gasteiger partial charge on any atom is -0.465 e. The summed E-state index contributed by atoms with van der Waals surface area (Å²) in [4.78, 5) is 13.0. The van der Waals surface area contributed by atoms with Gasteiger partial charge in [0.15, 0.2) is 5.11 Å². The third-order valence-electron chi connectivity index (χ3n) is 4.14. The number of ether oxygens (including phenoxy) is 1. The summed E-state index contributed by atoms with van der Waals surface area (Å²) >= 11 is 6.95. The average Bonchev–Trinajstić information content (AvgIpc) is 2.99. The summed E-state index contributed by atoms with van der Waals surface area (Å²) in [7, 11) is 1.38. The van der Waals surface area contributed by atoms with Gasteiger partial charge in [-0.3, -0.25) is 0 Å². The van der Waals surface area contributed by atoms with Crippen molar-refractivity contribution in [2.75, 3.05) is 12.4 Å². The molecule has 1 aromatic carbocycles. The second kappa shape index (κ2) is 8.45. The maximum absolute atomic E-state index is 11.9. The summed E-state index contributed by atoms with van der Waals surface area (Å²) in [5.41, 5.74) is 4.21. The van der Waals surface area contributed by atoms with Crippen molar-refractivity contribution in [1.29, 1.82) is 0 Å². The molecule has 0 aliphatic rings. The van der Waals surface area contributed by atoms with Gasteiger partial charge in [0.25, 0.3) is 0 Å². The number of aryl methyl sites for hydroxylation is 3. The molecule has 0 amide bonds. The monoisotopic (exact) mass is 376 g/mol. The van der Waals surface area contributed by atoms with Gasteiger partial charge in [-0.15, -0.1) is 11.3 Å². The van der Waals surface area contributed by atoms with E-state index in [1.54, 1.807) is 0 Å². The molecule has 2 aromatic rings. The van der Waals surface area contributed by atoms with E-state index in [-0.39, 0.29) is 12.0 Å². The first-order chi connectivity index (χ1) is 11.8. The number of benzene rings is 1. The maximum atomic E-state index is 11.9. The number of thiocarbonyl (C=S) groups is 1. The minimum absolute atomic E-state index is 0.0616. The second-order valence-electron chi connectivity index (χ2n) is 5.96. The van der Waals surface area contributed by atoms with E-state index in [2.05, 4.69) is 56.5 Å². The quantitative estimate of drug-likeness (QED) is 0.582. The summed E-state index contributed by atoms with van der Waals surface area (Å²) in [6, 6.07) is 8.29. The fourth-order valence-corrected chi connectivity index (χ4v) is 3.76. The van der Waals surface area contributed by atoms with Crippen molar-refractivity contribution in [3.63, 3.8) is 0 Å². The van der Waals surface area contributed by atoms with Crippen LogP contribution < -0.4 is 10.6 Å². The van der Waals surface area contributed by atoms with Crippen molar-refractivity contribution < 1.29 is 9.53 Å². The van der Waals surface area contributed by atoms with E-state index in [9.17, 15) is 4.79 Å². The van der Waals surface area contributed by atoms with E-state index in [1.807, 2.05) is 6.07 Å². The van der Waals surface area contributed by atoms with E-state index in [0.29, 0.717) is 15.7 Å². The molecule has 0 saturated carbocycles. The highest BCUT2D eigenvalue weighted by atomic mass is 32.1. The Kier molecular flexibility index (Phi) is 6.56. The van der Waals surface area contributed by atoms with Crippen molar-refractivity contribution in [3.8, 4) is 0 Å². The zero-order chi connectivity index (χ0) is 18.6. The van der Waals surface area contributed by atoms with Gasteiger partial charge in [-0.05, 0) is 62.2 Å². The molecule has 0 aliphatic carbocycles. The van der Waals surface area contributed by atoms with Crippen molar-refractivity contribution in [2.24, 2.45) is 0 Å². The fourth-order valence-electron chi connectivity index (χ4n) is 2.42. The third-order valence-corrected chi connectivity index (χ3v) is 5.56. The number of nitrogens with one attached hydrogen (secondary N) is 2. The predicted molar refractivity (Wildman–Crippen MR) is 109 cm³/mol. The molecule has 0 spiro atoms. The number of hydrogen-bond acceptors (Lipinski definition) is 4. The Bertz CT molecular complexity index is 784. The molecule has 4 nitrogen and oxygen atoms in total. The van der Waals surface area contributed by atoms with Crippen LogP contribution in [-0.4, -0.2) is 18.2 Å². The van der Waals surface area contributed by atoms with Gasteiger partial charge in [0.1, 0.15) is 5.00 Å². The van der Waals surface area contributed by atoms with E-state index >= 15 is 0 Å². The third kappa shape index (κ3) is 4.80. The molecule has 2 N–H and O–H groups in total. The fraction of sp³-hybridized carbons (Fsp3) is 0.368. The van der Waals surface area contributed by atoms with Crippen molar-refractivity contribution in [2.45, 2.75) is 40.2 Å². The molecule has 1 atom stereocenters. The smallest absolute Gasteiger partial charge is 0.340 e. The Morgan fingerprint density at radius 1 is 1.28 bits per heavy atom. The molecular weight excluding hydrogens is 352 g/mol. The van der Waals surface area contributed by atoms with Gasteiger partial charge in [0, 0.05) is 4.88 Å². The highest BCUT2D eigenvalue weighted by molar-refractivity contribution is 7.80. The second-order valence-corrected chi connectivity index (χ2v) is 7.51. The first-order valence-electron chi connectivity index (χ1n) is 8.21. The summed E-state index contributed by atoms with van der Waals surface area (Å²) in [5, 5.41) is 7.63. The zero-order valence-corrected chi connectivity index (χ0v) is 16.9. The summed E-state index contributed by atoms with van der Waals surface area (Å²) < 4.78 is 4.86. The molecule has 0 aliphatic heterocycles. The molecule has 0 fully saturated rings. The van der Waals surface area contributed by atoms with Gasteiger partial charge in [-0.25, -0.2) is 4.79 Å². The maximum Gasteiger partial charge on any atom is 0.340 e. The molecule has 0 bridgehead atoms. The highest BCUT2D eigenvalue weighted by Crippen LogP contribution is 2.29. The van der Waals surface area contributed by atoms with Crippen LogP contribution in [-0.2, 0) is 11.2 Å². The molecular formula is C19H24N2O2S2. The number of esters is 1. The van der Waals surface area contributed by atoms with Gasteiger partial charge in [-0.1, -0.05) is 25.1 Å². The van der Waals surface area contributed by atoms with Gasteiger partial charge in [-0.2, -0.15) is 0 Å². The lowest BCUT2D eigenvalue weighted by Crippen LogP contribution is -2.31. The Morgan fingerprint density at radius 3 is 2.60 bits per heavy atom. The lowest BCUT2D eigenvalue weighted by Gasteiger charge is -2.18. The normalized spacial score (nSPS) is 11.7. The molecule has 1 unspecified atom stereocenters. The van der Waals surface area contributed by atoms with E-state index < -0.39 is 0 Å². The molecule has 1 aromatic heterocycles. The molecule has 0 radical (unpaired) electrons. The number of carbonyl (C=O) groups excluding carboxylic acids is 1. The number of hydrogen-bond donors (Lipinski definition) is 2. The topological polar surface area (TPSA) is 50.4 Å². The summed E-state index contributed by atoms with van der Waals surface area (Å²) in [5.74, 6) is -0.358. The van der Waals surface area contributed by atoms with Crippen molar-refractivity contribution in [3.05, 3.63) is 51.4 Å².